The first kappa shape index (κ1) is 11.9. The molecule has 90 valence electrons. The van der Waals surface area contributed by atoms with Crippen LogP contribution >= 0.6 is 0 Å². The summed E-state index contributed by atoms with van der Waals surface area (Å²) in [7, 11) is 0. The number of carbonyl (C=O) groups excluding carboxylic acids is 1. The fourth-order valence-corrected chi connectivity index (χ4v) is 3.22. The molecular weight excluding hydrogens is 196 g/mol. The van der Waals surface area contributed by atoms with Crippen molar-refractivity contribution < 1.29 is 4.79 Å². The average molecular weight is 220 g/mol. The Labute approximate surface area is 99.3 Å². The predicted octanol–water partition coefficient (Wildman–Crippen LogP) is 4.27. The highest BCUT2D eigenvalue weighted by molar-refractivity contribution is 5.97. The summed E-state index contributed by atoms with van der Waals surface area (Å²) in [5, 5.41) is 0. The fourth-order valence-electron chi connectivity index (χ4n) is 3.22. The minimum Gasteiger partial charge on any atom is -0.294 e. The molecule has 2 aliphatic carbocycles. The maximum Gasteiger partial charge on any atom is 0.161 e. The molecule has 0 aromatic carbocycles. The third-order valence-corrected chi connectivity index (χ3v) is 4.34. The van der Waals surface area contributed by atoms with Gasteiger partial charge in [-0.15, -0.1) is 0 Å². The fraction of sp³-hybridized carbons (Fsp3) is 0.800. The van der Waals surface area contributed by atoms with E-state index in [1.807, 2.05) is 0 Å². The molecule has 2 unspecified atom stereocenters. The molecule has 0 aliphatic heterocycles. The molecule has 1 heteroatoms. The van der Waals surface area contributed by atoms with E-state index in [0.717, 1.165) is 37.2 Å². The molecule has 16 heavy (non-hydrogen) atoms. The van der Waals surface area contributed by atoms with E-state index in [1.165, 1.54) is 32.1 Å². The van der Waals surface area contributed by atoms with Crippen molar-refractivity contribution in [2.24, 2.45) is 11.8 Å². The number of ketones is 1. The van der Waals surface area contributed by atoms with Gasteiger partial charge in [0, 0.05) is 5.92 Å². The zero-order valence-electron chi connectivity index (χ0n) is 10.5. The van der Waals surface area contributed by atoms with Crippen molar-refractivity contribution >= 4 is 5.78 Å². The van der Waals surface area contributed by atoms with Gasteiger partial charge in [-0.25, -0.2) is 0 Å². The second-order valence-corrected chi connectivity index (χ2v) is 5.48. The lowest BCUT2D eigenvalue weighted by atomic mass is 9.76. The Bertz CT molecular complexity index is 277. The number of carbonyl (C=O) groups is 1. The first-order valence-corrected chi connectivity index (χ1v) is 7.04. The standard InChI is InChI=1S/C15H24O/c1-2-12-7-6-10-14(11-12)15(16)13-8-4-3-5-9-13/h8,12,14H,2-7,9-11H2,1H3. The molecule has 0 amide bonds. The van der Waals surface area contributed by atoms with Crippen LogP contribution in [0.5, 0.6) is 0 Å². The summed E-state index contributed by atoms with van der Waals surface area (Å²) >= 11 is 0. The molecular formula is C15H24O. The highest BCUT2D eigenvalue weighted by Crippen LogP contribution is 2.34. The number of allylic oxidation sites excluding steroid dienone is 2. The van der Waals surface area contributed by atoms with E-state index in [0.29, 0.717) is 11.7 Å². The van der Waals surface area contributed by atoms with E-state index < -0.39 is 0 Å². The molecule has 1 saturated carbocycles. The summed E-state index contributed by atoms with van der Waals surface area (Å²) in [6.07, 6.45) is 13.1. The van der Waals surface area contributed by atoms with Crippen LogP contribution in [0.15, 0.2) is 11.6 Å². The minimum absolute atomic E-state index is 0.364. The molecule has 0 N–H and O–H groups in total. The van der Waals surface area contributed by atoms with Gasteiger partial charge in [0.05, 0.1) is 0 Å². The van der Waals surface area contributed by atoms with Crippen LogP contribution in [0, 0.1) is 11.8 Å². The lowest BCUT2D eigenvalue weighted by Crippen LogP contribution is -2.24. The van der Waals surface area contributed by atoms with Crippen LogP contribution in [0.2, 0.25) is 0 Å². The van der Waals surface area contributed by atoms with Gasteiger partial charge >= 0.3 is 0 Å². The highest BCUT2D eigenvalue weighted by atomic mass is 16.1. The van der Waals surface area contributed by atoms with Crippen molar-refractivity contribution in [1.82, 2.24) is 0 Å². The summed E-state index contributed by atoms with van der Waals surface area (Å²) in [6, 6.07) is 0. The van der Waals surface area contributed by atoms with Gasteiger partial charge in [0.1, 0.15) is 0 Å². The molecule has 1 fully saturated rings. The van der Waals surface area contributed by atoms with E-state index in [2.05, 4.69) is 13.0 Å². The van der Waals surface area contributed by atoms with Gasteiger partial charge in [-0.2, -0.15) is 0 Å². The summed E-state index contributed by atoms with van der Waals surface area (Å²) in [5.41, 5.74) is 1.16. The van der Waals surface area contributed by atoms with Crippen molar-refractivity contribution in [3.05, 3.63) is 11.6 Å². The van der Waals surface area contributed by atoms with Crippen molar-refractivity contribution in [2.45, 2.75) is 64.7 Å². The lowest BCUT2D eigenvalue weighted by Gasteiger charge is -2.28. The van der Waals surface area contributed by atoms with Crippen LogP contribution in [0.25, 0.3) is 0 Å². The zero-order chi connectivity index (χ0) is 11.4. The van der Waals surface area contributed by atoms with E-state index in [4.69, 9.17) is 0 Å². The maximum atomic E-state index is 12.3. The molecule has 0 aromatic heterocycles. The molecule has 2 aliphatic rings. The van der Waals surface area contributed by atoms with Crippen LogP contribution in [0.1, 0.15) is 64.7 Å². The van der Waals surface area contributed by atoms with Gasteiger partial charge < -0.3 is 0 Å². The second kappa shape index (κ2) is 5.65. The quantitative estimate of drug-likeness (QED) is 0.694. The Morgan fingerprint density at radius 1 is 1.31 bits per heavy atom. The Hall–Kier alpha value is -0.590. The van der Waals surface area contributed by atoms with E-state index >= 15 is 0 Å². The van der Waals surface area contributed by atoms with E-state index in [9.17, 15) is 4.79 Å². The largest absolute Gasteiger partial charge is 0.294 e. The van der Waals surface area contributed by atoms with Crippen LogP contribution in [0.4, 0.5) is 0 Å². The van der Waals surface area contributed by atoms with Gasteiger partial charge in [0.15, 0.2) is 5.78 Å². The topological polar surface area (TPSA) is 17.1 Å². The van der Waals surface area contributed by atoms with Crippen molar-refractivity contribution in [2.75, 3.05) is 0 Å². The molecule has 0 aromatic rings. The van der Waals surface area contributed by atoms with E-state index in [-0.39, 0.29) is 0 Å². The lowest BCUT2D eigenvalue weighted by molar-refractivity contribution is -0.120. The predicted molar refractivity (Wildman–Crippen MR) is 67.3 cm³/mol. The molecule has 0 saturated heterocycles. The van der Waals surface area contributed by atoms with Gasteiger partial charge in [-0.1, -0.05) is 32.3 Å². The second-order valence-electron chi connectivity index (χ2n) is 5.48. The first-order valence-electron chi connectivity index (χ1n) is 7.04. The molecule has 1 nitrogen and oxygen atoms in total. The van der Waals surface area contributed by atoms with Crippen molar-refractivity contribution in [3.8, 4) is 0 Å². The monoisotopic (exact) mass is 220 g/mol. The zero-order valence-corrected chi connectivity index (χ0v) is 10.5. The number of hydrogen-bond donors (Lipinski definition) is 0. The first-order chi connectivity index (χ1) is 7.81. The Morgan fingerprint density at radius 2 is 2.19 bits per heavy atom. The third kappa shape index (κ3) is 2.75. The minimum atomic E-state index is 0.364. The summed E-state index contributed by atoms with van der Waals surface area (Å²) in [6.45, 7) is 2.26. The van der Waals surface area contributed by atoms with Gasteiger partial charge in [-0.05, 0) is 50.0 Å². The van der Waals surface area contributed by atoms with Gasteiger partial charge in [0.2, 0.25) is 0 Å². The molecule has 2 rings (SSSR count). The Kier molecular flexibility index (Phi) is 4.20. The molecule has 0 heterocycles. The molecule has 2 atom stereocenters. The molecule has 0 radical (unpaired) electrons. The van der Waals surface area contributed by atoms with Gasteiger partial charge in [-0.3, -0.25) is 4.79 Å². The Balaban J connectivity index is 1.95. The van der Waals surface area contributed by atoms with Crippen LogP contribution in [0.3, 0.4) is 0 Å². The van der Waals surface area contributed by atoms with Crippen LogP contribution in [-0.4, -0.2) is 5.78 Å². The Morgan fingerprint density at radius 3 is 2.88 bits per heavy atom. The number of hydrogen-bond acceptors (Lipinski definition) is 1. The summed E-state index contributed by atoms with van der Waals surface area (Å²) < 4.78 is 0. The normalized spacial score (nSPS) is 30.9. The maximum absolute atomic E-state index is 12.3. The molecule has 0 bridgehead atoms. The third-order valence-electron chi connectivity index (χ3n) is 4.34. The number of rotatable bonds is 3. The summed E-state index contributed by atoms with van der Waals surface area (Å²) in [4.78, 5) is 12.3. The van der Waals surface area contributed by atoms with E-state index in [1.54, 1.807) is 0 Å². The molecule has 0 spiro atoms. The van der Waals surface area contributed by atoms with Crippen LogP contribution < -0.4 is 0 Å². The highest BCUT2D eigenvalue weighted by Gasteiger charge is 2.28. The van der Waals surface area contributed by atoms with Crippen molar-refractivity contribution in [1.29, 1.82) is 0 Å². The number of Topliss-reactive ketones (excluding diaryl/α,β-unsaturated/α-hetero) is 1. The van der Waals surface area contributed by atoms with Crippen molar-refractivity contribution in [3.63, 3.8) is 0 Å². The van der Waals surface area contributed by atoms with Crippen LogP contribution in [-0.2, 0) is 4.79 Å². The van der Waals surface area contributed by atoms with Gasteiger partial charge in [0.25, 0.3) is 0 Å². The SMILES string of the molecule is CCC1CCCC(C(=O)C2=CCCCC2)C1. The summed E-state index contributed by atoms with van der Waals surface area (Å²) in [5.74, 6) is 1.67. The average Bonchev–Trinajstić information content (AvgIpc) is 2.39. The smallest absolute Gasteiger partial charge is 0.161 e.